The van der Waals surface area contributed by atoms with Crippen LogP contribution < -0.4 is 5.01 Å². The van der Waals surface area contributed by atoms with Crippen molar-refractivity contribution >= 4 is 5.57 Å². The number of halogens is 2. The minimum atomic E-state index is -0.322. The van der Waals surface area contributed by atoms with Crippen molar-refractivity contribution < 1.29 is 8.78 Å². The molecule has 6 heteroatoms. The van der Waals surface area contributed by atoms with Gasteiger partial charge in [-0.15, -0.1) is 5.10 Å². The molecule has 0 N–H and O–H groups in total. The molecule has 3 rings (SSSR count). The van der Waals surface area contributed by atoms with Crippen molar-refractivity contribution in [3.8, 4) is 0 Å². The normalized spacial score (nSPS) is 12.0. The molecule has 0 bridgehead atoms. The first kappa shape index (κ1) is 15.9. The number of nitrogens with zero attached hydrogens (tertiary/aromatic N) is 4. The van der Waals surface area contributed by atoms with E-state index in [4.69, 9.17) is 0 Å². The second-order valence-corrected chi connectivity index (χ2v) is 5.38. The minimum absolute atomic E-state index is 0.311. The van der Waals surface area contributed by atoms with E-state index in [9.17, 15) is 8.78 Å². The van der Waals surface area contributed by atoms with Crippen molar-refractivity contribution in [3.05, 3.63) is 90.5 Å². The molecule has 122 valence electrons. The minimum Gasteiger partial charge on any atom is -0.287 e. The molecule has 24 heavy (non-hydrogen) atoms. The molecule has 2 aromatic carbocycles. The van der Waals surface area contributed by atoms with Gasteiger partial charge in [0.05, 0.1) is 6.04 Å². The average Bonchev–Trinajstić information content (AvgIpc) is 3.12. The van der Waals surface area contributed by atoms with E-state index in [1.54, 1.807) is 35.4 Å². The Morgan fingerprint density at radius 2 is 1.62 bits per heavy atom. The zero-order valence-electron chi connectivity index (χ0n) is 13.1. The van der Waals surface area contributed by atoms with Gasteiger partial charge in [0.1, 0.15) is 24.3 Å². The van der Waals surface area contributed by atoms with Gasteiger partial charge in [0.2, 0.25) is 0 Å². The fourth-order valence-electron chi connectivity index (χ4n) is 2.59. The third-order valence-electron chi connectivity index (χ3n) is 3.83. The zero-order chi connectivity index (χ0) is 17.1. The lowest BCUT2D eigenvalue weighted by atomic mass is 9.94. The molecule has 0 aliphatic heterocycles. The number of hydrogen-bond acceptors (Lipinski definition) is 3. The van der Waals surface area contributed by atoms with E-state index < -0.39 is 0 Å². The summed E-state index contributed by atoms with van der Waals surface area (Å²) in [6.07, 6.45) is 2.99. The summed E-state index contributed by atoms with van der Waals surface area (Å²) in [5.41, 5.74) is 2.36. The first-order chi connectivity index (χ1) is 11.6. The SMILES string of the molecule is C=C(c1ccc(F)cc1)C(c1ccc(F)cc1)N(C)n1cncn1. The maximum atomic E-state index is 13.3. The van der Waals surface area contributed by atoms with Crippen LogP contribution in [0.1, 0.15) is 17.2 Å². The van der Waals surface area contributed by atoms with Crippen LogP contribution >= 0.6 is 0 Å². The van der Waals surface area contributed by atoms with Crippen molar-refractivity contribution in [2.75, 3.05) is 12.1 Å². The van der Waals surface area contributed by atoms with Gasteiger partial charge in [-0.2, -0.15) is 4.79 Å². The summed E-state index contributed by atoms with van der Waals surface area (Å²) in [7, 11) is 1.83. The summed E-state index contributed by atoms with van der Waals surface area (Å²) in [5, 5.41) is 5.95. The maximum Gasteiger partial charge on any atom is 0.139 e. The Hall–Kier alpha value is -3.02. The van der Waals surface area contributed by atoms with E-state index >= 15 is 0 Å². The Bertz CT molecular complexity index is 811. The molecule has 0 saturated carbocycles. The third-order valence-corrected chi connectivity index (χ3v) is 3.83. The molecular formula is C18H16F2N4. The summed E-state index contributed by atoms with van der Waals surface area (Å²) >= 11 is 0. The van der Waals surface area contributed by atoms with Gasteiger partial charge in [-0.25, -0.2) is 13.8 Å². The van der Waals surface area contributed by atoms with Crippen LogP contribution in [0.5, 0.6) is 0 Å². The summed E-state index contributed by atoms with van der Waals surface area (Å²) < 4.78 is 26.5. The number of likely N-dealkylation sites (N-methyl/N-ethyl adjacent to an activating group) is 1. The van der Waals surface area contributed by atoms with Crippen LogP contribution in [0.3, 0.4) is 0 Å². The van der Waals surface area contributed by atoms with Crippen molar-refractivity contribution in [2.45, 2.75) is 6.04 Å². The quantitative estimate of drug-likeness (QED) is 0.719. The summed E-state index contributed by atoms with van der Waals surface area (Å²) in [6.45, 7) is 4.17. The monoisotopic (exact) mass is 326 g/mol. The average molecular weight is 326 g/mol. The fourth-order valence-corrected chi connectivity index (χ4v) is 2.59. The number of aromatic nitrogens is 3. The van der Waals surface area contributed by atoms with E-state index in [1.165, 1.54) is 30.6 Å². The Morgan fingerprint density at radius 1 is 1.04 bits per heavy atom. The van der Waals surface area contributed by atoms with Gasteiger partial charge in [-0.05, 0) is 41.0 Å². The van der Waals surface area contributed by atoms with E-state index in [2.05, 4.69) is 16.7 Å². The predicted molar refractivity (Wildman–Crippen MR) is 88.7 cm³/mol. The van der Waals surface area contributed by atoms with Gasteiger partial charge in [0.15, 0.2) is 0 Å². The molecule has 1 aromatic heterocycles. The Balaban J connectivity index is 2.02. The van der Waals surface area contributed by atoms with Crippen LogP contribution in [-0.4, -0.2) is 21.9 Å². The topological polar surface area (TPSA) is 34.0 Å². The number of benzene rings is 2. The predicted octanol–water partition coefficient (Wildman–Crippen LogP) is 3.58. The molecule has 1 unspecified atom stereocenters. The first-order valence-corrected chi connectivity index (χ1v) is 7.34. The van der Waals surface area contributed by atoms with Gasteiger partial charge in [-0.1, -0.05) is 30.8 Å². The lowest BCUT2D eigenvalue weighted by Gasteiger charge is -2.31. The standard InChI is InChI=1S/C18H16F2N4/c1-13(14-3-7-16(19)8-4-14)18(15-5-9-17(20)10-6-15)23(2)24-12-21-11-22-24/h3-12,18H,1H2,2H3. The van der Waals surface area contributed by atoms with Crippen LogP contribution in [0.2, 0.25) is 0 Å². The molecule has 0 spiro atoms. The van der Waals surface area contributed by atoms with Gasteiger partial charge < -0.3 is 0 Å². The molecule has 0 aliphatic rings. The van der Waals surface area contributed by atoms with Crippen LogP contribution in [0.25, 0.3) is 5.57 Å². The molecule has 0 amide bonds. The van der Waals surface area contributed by atoms with Gasteiger partial charge >= 0.3 is 0 Å². The highest BCUT2D eigenvalue weighted by atomic mass is 19.1. The van der Waals surface area contributed by atoms with Crippen molar-refractivity contribution in [1.29, 1.82) is 0 Å². The Kier molecular flexibility index (Phi) is 4.37. The molecule has 1 atom stereocenters. The van der Waals surface area contributed by atoms with Crippen LogP contribution in [0.15, 0.2) is 67.8 Å². The lowest BCUT2D eigenvalue weighted by Crippen LogP contribution is -2.35. The summed E-state index contributed by atoms with van der Waals surface area (Å²) in [4.78, 5) is 5.52. The number of hydrogen-bond donors (Lipinski definition) is 0. The Morgan fingerprint density at radius 3 is 2.17 bits per heavy atom. The highest BCUT2D eigenvalue weighted by molar-refractivity contribution is 5.70. The molecular weight excluding hydrogens is 310 g/mol. The van der Waals surface area contributed by atoms with Crippen LogP contribution in [0.4, 0.5) is 8.78 Å². The molecule has 3 aromatic rings. The maximum absolute atomic E-state index is 13.3. The van der Waals surface area contributed by atoms with E-state index in [-0.39, 0.29) is 17.7 Å². The van der Waals surface area contributed by atoms with Gasteiger partial charge in [0, 0.05) is 7.05 Å². The van der Waals surface area contributed by atoms with Crippen LogP contribution in [-0.2, 0) is 0 Å². The Labute approximate surface area is 138 Å². The van der Waals surface area contributed by atoms with Crippen LogP contribution in [0, 0.1) is 11.6 Å². The van der Waals surface area contributed by atoms with Crippen molar-refractivity contribution in [2.24, 2.45) is 0 Å². The third kappa shape index (κ3) is 3.17. The summed E-state index contributed by atoms with van der Waals surface area (Å²) in [6, 6.07) is 12.0. The molecule has 0 aliphatic carbocycles. The highest BCUT2D eigenvalue weighted by Gasteiger charge is 2.22. The molecule has 0 fully saturated rings. The van der Waals surface area contributed by atoms with Gasteiger partial charge in [-0.3, -0.25) is 5.01 Å². The van der Waals surface area contributed by atoms with E-state index in [1.807, 2.05) is 12.1 Å². The van der Waals surface area contributed by atoms with Gasteiger partial charge in [0.25, 0.3) is 0 Å². The zero-order valence-corrected chi connectivity index (χ0v) is 13.1. The fraction of sp³-hybridized carbons (Fsp3) is 0.111. The second kappa shape index (κ2) is 6.62. The lowest BCUT2D eigenvalue weighted by molar-refractivity contribution is 0.544. The molecule has 4 nitrogen and oxygen atoms in total. The van der Waals surface area contributed by atoms with Crippen molar-refractivity contribution in [1.82, 2.24) is 14.9 Å². The van der Waals surface area contributed by atoms with Crippen molar-refractivity contribution in [3.63, 3.8) is 0 Å². The summed E-state index contributed by atoms with van der Waals surface area (Å²) in [5.74, 6) is -0.622. The second-order valence-electron chi connectivity index (χ2n) is 5.38. The first-order valence-electron chi connectivity index (χ1n) is 7.34. The molecule has 0 radical (unpaired) electrons. The molecule has 1 heterocycles. The number of rotatable bonds is 5. The van der Waals surface area contributed by atoms with E-state index in [0.29, 0.717) is 0 Å². The molecule has 0 saturated heterocycles. The smallest absolute Gasteiger partial charge is 0.139 e. The highest BCUT2D eigenvalue weighted by Crippen LogP contribution is 2.32. The largest absolute Gasteiger partial charge is 0.287 e. The van der Waals surface area contributed by atoms with E-state index in [0.717, 1.165) is 16.7 Å².